The number of carbonyl (C=O) groups excluding carboxylic acids is 1. The molecule has 2 aromatic carbocycles. The molecule has 0 saturated carbocycles. The van der Waals surface area contributed by atoms with Gasteiger partial charge in [0, 0.05) is 12.1 Å². The molecule has 1 amide bonds. The number of hydrogen-bond donors (Lipinski definition) is 3. The molecule has 2 aromatic rings. The third kappa shape index (κ3) is 6.47. The minimum absolute atomic E-state index is 0.189. The Morgan fingerprint density at radius 3 is 2.35 bits per heavy atom. The fourth-order valence-electron chi connectivity index (χ4n) is 2.36. The summed E-state index contributed by atoms with van der Waals surface area (Å²) < 4.78 is -1.76. The molecule has 2 rings (SSSR count). The maximum atomic E-state index is 12.0. The van der Waals surface area contributed by atoms with Crippen molar-refractivity contribution in [3.05, 3.63) is 42.5 Å². The van der Waals surface area contributed by atoms with Crippen molar-refractivity contribution in [3.63, 3.8) is 0 Å². The summed E-state index contributed by atoms with van der Waals surface area (Å²) in [4.78, 5) is 12.0. The molecule has 0 radical (unpaired) electrons. The van der Waals surface area contributed by atoms with E-state index in [1.165, 1.54) is 0 Å². The van der Waals surface area contributed by atoms with E-state index in [1.807, 2.05) is 56.3 Å². The Balaban J connectivity index is 2.04. The molecule has 3 N–H and O–H groups in total. The Hall–Kier alpha value is -1.27. The van der Waals surface area contributed by atoms with Crippen LogP contribution in [0.5, 0.6) is 0 Å². The third-order valence-electron chi connectivity index (χ3n) is 3.51. The summed E-state index contributed by atoms with van der Waals surface area (Å²) in [6, 6.07) is 13.8. The Morgan fingerprint density at radius 2 is 1.73 bits per heavy atom. The van der Waals surface area contributed by atoms with Gasteiger partial charge in [-0.2, -0.15) is 0 Å². The van der Waals surface area contributed by atoms with Gasteiger partial charge in [0.1, 0.15) is 6.17 Å². The second kappa shape index (κ2) is 9.09. The Labute approximate surface area is 173 Å². The second-order valence-electron chi connectivity index (χ2n) is 6.30. The van der Waals surface area contributed by atoms with E-state index in [1.54, 1.807) is 0 Å². The van der Waals surface area contributed by atoms with Crippen molar-refractivity contribution in [2.24, 2.45) is 5.92 Å². The number of amides is 1. The zero-order chi connectivity index (χ0) is 19.3. The fourth-order valence-corrected chi connectivity index (χ4v) is 2.92. The van der Waals surface area contributed by atoms with Crippen LogP contribution in [-0.2, 0) is 4.79 Å². The summed E-state index contributed by atoms with van der Waals surface area (Å²) in [5.41, 5.74) is 0.790. The summed E-state index contributed by atoms with van der Waals surface area (Å²) >= 11 is 23.2. The van der Waals surface area contributed by atoms with Gasteiger partial charge in [0.2, 0.25) is 9.70 Å². The van der Waals surface area contributed by atoms with E-state index in [0.717, 1.165) is 16.5 Å². The molecule has 0 bridgehead atoms. The van der Waals surface area contributed by atoms with Gasteiger partial charge in [-0.1, -0.05) is 79.0 Å². The lowest BCUT2D eigenvalue weighted by molar-refractivity contribution is -0.122. The molecule has 4 nitrogen and oxygen atoms in total. The lowest BCUT2D eigenvalue weighted by Gasteiger charge is -2.28. The molecule has 0 unspecified atom stereocenters. The maximum absolute atomic E-state index is 12.0. The van der Waals surface area contributed by atoms with Crippen molar-refractivity contribution in [3.8, 4) is 0 Å². The first-order valence-electron chi connectivity index (χ1n) is 8.07. The highest BCUT2D eigenvalue weighted by molar-refractivity contribution is 7.80. The predicted octanol–water partition coefficient (Wildman–Crippen LogP) is 4.98. The van der Waals surface area contributed by atoms with Gasteiger partial charge in [-0.15, -0.1) is 0 Å². The molecule has 140 valence electrons. The number of rotatable bonds is 5. The van der Waals surface area contributed by atoms with Crippen molar-refractivity contribution < 1.29 is 4.79 Å². The standard InChI is InChI=1S/C18H20Cl3N3OS/c1-11(2)9-15(25)23-16(18(19,20)21)24-17(26)22-14-8-7-12-5-3-4-6-13(12)10-14/h3-8,10-11,16H,9H2,1-2H3,(H,23,25)(H2,22,24,26)/t16-/m1/s1. The summed E-state index contributed by atoms with van der Waals surface area (Å²) in [5, 5.41) is 11.0. The van der Waals surface area contributed by atoms with E-state index >= 15 is 0 Å². The molecular formula is C18H20Cl3N3OS. The molecule has 0 aliphatic rings. The maximum Gasteiger partial charge on any atom is 0.228 e. The number of halogens is 3. The largest absolute Gasteiger partial charge is 0.339 e. The van der Waals surface area contributed by atoms with Crippen molar-refractivity contribution in [1.82, 2.24) is 10.6 Å². The smallest absolute Gasteiger partial charge is 0.228 e. The fraction of sp³-hybridized carbons (Fsp3) is 0.333. The van der Waals surface area contributed by atoms with E-state index in [9.17, 15) is 4.79 Å². The Kier molecular flexibility index (Phi) is 7.35. The molecule has 0 fully saturated rings. The minimum atomic E-state index is -1.76. The van der Waals surface area contributed by atoms with Crippen molar-refractivity contribution in [1.29, 1.82) is 0 Å². The zero-order valence-electron chi connectivity index (χ0n) is 14.4. The Morgan fingerprint density at radius 1 is 1.08 bits per heavy atom. The van der Waals surface area contributed by atoms with Crippen LogP contribution in [0.4, 0.5) is 5.69 Å². The molecule has 0 aromatic heterocycles. The normalized spacial score (nSPS) is 12.7. The number of hydrogen-bond acceptors (Lipinski definition) is 2. The molecule has 26 heavy (non-hydrogen) atoms. The van der Waals surface area contributed by atoms with Crippen LogP contribution in [0.2, 0.25) is 0 Å². The zero-order valence-corrected chi connectivity index (χ0v) is 17.4. The average Bonchev–Trinajstić information content (AvgIpc) is 2.52. The van der Waals surface area contributed by atoms with Crippen molar-refractivity contribution in [2.75, 3.05) is 5.32 Å². The molecule has 8 heteroatoms. The van der Waals surface area contributed by atoms with Crippen LogP contribution in [0.1, 0.15) is 20.3 Å². The van der Waals surface area contributed by atoms with E-state index in [4.69, 9.17) is 47.0 Å². The van der Waals surface area contributed by atoms with Gasteiger partial charge in [-0.25, -0.2) is 0 Å². The van der Waals surface area contributed by atoms with Crippen LogP contribution in [0, 0.1) is 5.92 Å². The molecule has 0 spiro atoms. The summed E-state index contributed by atoms with van der Waals surface area (Å²) in [5.74, 6) is -0.0361. The van der Waals surface area contributed by atoms with Crippen LogP contribution < -0.4 is 16.0 Å². The van der Waals surface area contributed by atoms with Crippen molar-refractivity contribution >= 4 is 74.5 Å². The lowest BCUT2D eigenvalue weighted by Crippen LogP contribution is -2.56. The monoisotopic (exact) mass is 431 g/mol. The van der Waals surface area contributed by atoms with Crippen LogP contribution in [-0.4, -0.2) is 21.0 Å². The average molecular weight is 433 g/mol. The first-order valence-corrected chi connectivity index (χ1v) is 9.62. The topological polar surface area (TPSA) is 53.2 Å². The number of alkyl halides is 3. The molecule has 0 aliphatic heterocycles. The molecule has 0 heterocycles. The first kappa shape index (κ1) is 21.0. The van der Waals surface area contributed by atoms with Crippen LogP contribution in [0.15, 0.2) is 42.5 Å². The minimum Gasteiger partial charge on any atom is -0.339 e. The Bertz CT molecular complexity index is 793. The van der Waals surface area contributed by atoms with Gasteiger partial charge in [-0.3, -0.25) is 4.79 Å². The van der Waals surface area contributed by atoms with E-state index in [2.05, 4.69) is 16.0 Å². The quantitative estimate of drug-likeness (QED) is 0.354. The summed E-state index contributed by atoms with van der Waals surface area (Å²) in [6.07, 6.45) is -0.636. The highest BCUT2D eigenvalue weighted by Crippen LogP contribution is 2.29. The number of thiocarbonyl (C=S) groups is 1. The number of carbonyl (C=O) groups is 1. The van der Waals surface area contributed by atoms with Gasteiger partial charge < -0.3 is 16.0 Å². The third-order valence-corrected chi connectivity index (χ3v) is 4.38. The number of fused-ring (bicyclic) bond motifs is 1. The summed E-state index contributed by atoms with van der Waals surface area (Å²) in [7, 11) is 0. The number of benzene rings is 2. The predicted molar refractivity (Wildman–Crippen MR) is 115 cm³/mol. The summed E-state index contributed by atoms with van der Waals surface area (Å²) in [6.45, 7) is 3.87. The van der Waals surface area contributed by atoms with Gasteiger partial charge in [0.15, 0.2) is 5.11 Å². The SMILES string of the molecule is CC(C)CC(=O)N[C@H](NC(=S)Nc1ccc2ccccc2c1)C(Cl)(Cl)Cl. The second-order valence-corrected chi connectivity index (χ2v) is 9.08. The van der Waals surface area contributed by atoms with Crippen LogP contribution in [0.25, 0.3) is 10.8 Å². The van der Waals surface area contributed by atoms with Gasteiger partial charge in [-0.05, 0) is 41.0 Å². The molecular weight excluding hydrogens is 413 g/mol. The van der Waals surface area contributed by atoms with E-state index in [0.29, 0.717) is 6.42 Å². The van der Waals surface area contributed by atoms with Crippen LogP contribution >= 0.6 is 47.0 Å². The lowest BCUT2D eigenvalue weighted by atomic mass is 10.1. The molecule has 0 saturated heterocycles. The van der Waals surface area contributed by atoms with E-state index < -0.39 is 9.96 Å². The van der Waals surface area contributed by atoms with E-state index in [-0.39, 0.29) is 16.9 Å². The highest BCUT2D eigenvalue weighted by atomic mass is 35.6. The van der Waals surface area contributed by atoms with Crippen molar-refractivity contribution in [2.45, 2.75) is 30.2 Å². The number of nitrogens with one attached hydrogen (secondary N) is 3. The van der Waals surface area contributed by atoms with Crippen LogP contribution in [0.3, 0.4) is 0 Å². The first-order chi connectivity index (χ1) is 12.1. The van der Waals surface area contributed by atoms with Gasteiger partial charge in [0.05, 0.1) is 0 Å². The highest BCUT2D eigenvalue weighted by Gasteiger charge is 2.34. The van der Waals surface area contributed by atoms with Gasteiger partial charge >= 0.3 is 0 Å². The molecule has 0 aliphatic carbocycles. The molecule has 1 atom stereocenters. The number of anilines is 1. The van der Waals surface area contributed by atoms with Gasteiger partial charge in [0.25, 0.3) is 0 Å².